The van der Waals surface area contributed by atoms with E-state index in [1.54, 1.807) is 26.8 Å². The summed E-state index contributed by atoms with van der Waals surface area (Å²) in [7, 11) is -3.85. The van der Waals surface area contributed by atoms with E-state index in [4.69, 9.17) is 0 Å². The number of aromatic nitrogens is 2. The Morgan fingerprint density at radius 1 is 1.30 bits per heavy atom. The van der Waals surface area contributed by atoms with Crippen LogP contribution in [-0.4, -0.2) is 25.2 Å². The average Bonchev–Trinajstić information content (AvgIpc) is 2.72. The van der Waals surface area contributed by atoms with Crippen molar-refractivity contribution in [3.8, 4) is 0 Å². The lowest BCUT2D eigenvalue weighted by molar-refractivity contribution is 0.585. The maximum absolute atomic E-state index is 13.9. The molecule has 0 aliphatic rings. The average molecular weight is 297 g/mol. The van der Waals surface area contributed by atoms with Gasteiger partial charge in [-0.05, 0) is 32.9 Å². The molecule has 0 unspecified atom stereocenters. The summed E-state index contributed by atoms with van der Waals surface area (Å²) in [6.07, 6.45) is 0. The molecular weight excluding hydrogens is 281 g/mol. The van der Waals surface area contributed by atoms with Gasteiger partial charge in [0, 0.05) is 6.54 Å². The first-order valence-corrected chi connectivity index (χ1v) is 7.62. The molecule has 0 aliphatic carbocycles. The lowest BCUT2D eigenvalue weighted by Crippen LogP contribution is -2.32. The van der Waals surface area contributed by atoms with E-state index in [1.165, 1.54) is 18.2 Å². The second-order valence-electron chi connectivity index (χ2n) is 4.38. The molecular formula is C13H16FN3O2S. The molecule has 7 heteroatoms. The molecule has 20 heavy (non-hydrogen) atoms. The summed E-state index contributed by atoms with van der Waals surface area (Å²) in [4.78, 5) is 0.0996. The molecule has 5 nitrogen and oxygen atoms in total. The van der Waals surface area contributed by atoms with Crippen LogP contribution in [0.2, 0.25) is 0 Å². The van der Waals surface area contributed by atoms with E-state index in [9.17, 15) is 12.8 Å². The molecule has 2 rings (SSSR count). The Morgan fingerprint density at radius 2 is 1.95 bits per heavy atom. The zero-order valence-electron chi connectivity index (χ0n) is 11.5. The third kappa shape index (κ3) is 2.29. The van der Waals surface area contributed by atoms with Crippen molar-refractivity contribution in [2.45, 2.75) is 25.7 Å². The monoisotopic (exact) mass is 297 g/mol. The second-order valence-corrected chi connectivity index (χ2v) is 6.18. The number of para-hydroxylation sites is 1. The van der Waals surface area contributed by atoms with E-state index < -0.39 is 15.8 Å². The summed E-state index contributed by atoms with van der Waals surface area (Å²) in [5, 5.41) is 6.53. The van der Waals surface area contributed by atoms with E-state index in [0.717, 1.165) is 4.31 Å². The number of aromatic amines is 1. The van der Waals surface area contributed by atoms with Gasteiger partial charge in [0.25, 0.3) is 10.0 Å². The van der Waals surface area contributed by atoms with Gasteiger partial charge in [0.05, 0.1) is 17.1 Å². The van der Waals surface area contributed by atoms with Crippen LogP contribution in [0.5, 0.6) is 0 Å². The van der Waals surface area contributed by atoms with Crippen molar-refractivity contribution in [3.05, 3.63) is 41.5 Å². The number of hydrogen-bond donors (Lipinski definition) is 1. The van der Waals surface area contributed by atoms with Gasteiger partial charge in [-0.15, -0.1) is 0 Å². The lowest BCUT2D eigenvalue weighted by atomic mass is 10.3. The standard InChI is InChI=1S/C13H16FN3O2S/c1-4-17(12-8-6-5-7-11(12)14)20(18,19)13-9(2)15-16-10(13)3/h5-8H,4H2,1-3H3,(H,15,16). The van der Waals surface area contributed by atoms with Crippen LogP contribution in [0.1, 0.15) is 18.3 Å². The van der Waals surface area contributed by atoms with E-state index >= 15 is 0 Å². The molecule has 108 valence electrons. The molecule has 0 fully saturated rings. The molecule has 1 aromatic carbocycles. The molecule has 0 aliphatic heterocycles. The molecule has 0 atom stereocenters. The van der Waals surface area contributed by atoms with Crippen LogP contribution in [0.3, 0.4) is 0 Å². The number of anilines is 1. The maximum Gasteiger partial charge on any atom is 0.268 e. The summed E-state index contributed by atoms with van der Waals surface area (Å²) in [6.45, 7) is 5.02. The molecule has 0 radical (unpaired) electrons. The van der Waals surface area contributed by atoms with Gasteiger partial charge >= 0.3 is 0 Å². The molecule has 0 spiro atoms. The summed E-state index contributed by atoms with van der Waals surface area (Å²) in [6, 6.07) is 5.81. The van der Waals surface area contributed by atoms with Crippen LogP contribution in [0, 0.1) is 19.7 Å². The predicted molar refractivity (Wildman–Crippen MR) is 74.7 cm³/mol. The van der Waals surface area contributed by atoms with Gasteiger partial charge in [-0.1, -0.05) is 12.1 Å². The number of sulfonamides is 1. The van der Waals surface area contributed by atoms with Crippen LogP contribution in [0.15, 0.2) is 29.2 Å². The highest BCUT2D eigenvalue weighted by Gasteiger charge is 2.30. The smallest absolute Gasteiger partial charge is 0.268 e. The highest BCUT2D eigenvalue weighted by Crippen LogP contribution is 2.28. The minimum Gasteiger partial charge on any atom is -0.281 e. The number of H-pyrrole nitrogens is 1. The van der Waals surface area contributed by atoms with Crippen molar-refractivity contribution in [2.75, 3.05) is 10.8 Å². The van der Waals surface area contributed by atoms with E-state index in [0.29, 0.717) is 11.4 Å². The van der Waals surface area contributed by atoms with Crippen molar-refractivity contribution >= 4 is 15.7 Å². The minimum absolute atomic E-state index is 0.0370. The van der Waals surface area contributed by atoms with Crippen LogP contribution >= 0.6 is 0 Å². The molecule has 0 saturated heterocycles. The lowest BCUT2D eigenvalue weighted by Gasteiger charge is -2.23. The van der Waals surface area contributed by atoms with Crippen LogP contribution in [0.25, 0.3) is 0 Å². The van der Waals surface area contributed by atoms with Gasteiger partial charge in [-0.2, -0.15) is 5.10 Å². The Labute approximate surface area is 117 Å². The van der Waals surface area contributed by atoms with E-state index in [1.807, 2.05) is 0 Å². The highest BCUT2D eigenvalue weighted by atomic mass is 32.2. The number of hydrogen-bond acceptors (Lipinski definition) is 3. The molecule has 0 amide bonds. The van der Waals surface area contributed by atoms with Crippen molar-refractivity contribution in [1.82, 2.24) is 10.2 Å². The minimum atomic E-state index is -3.85. The first-order valence-electron chi connectivity index (χ1n) is 6.18. The SMILES string of the molecule is CCN(c1ccccc1F)S(=O)(=O)c1c(C)n[nH]c1C. The number of aryl methyl sites for hydroxylation is 2. The number of rotatable bonds is 4. The zero-order valence-corrected chi connectivity index (χ0v) is 12.3. The maximum atomic E-state index is 13.9. The van der Waals surface area contributed by atoms with Crippen molar-refractivity contribution < 1.29 is 12.8 Å². The number of nitrogens with one attached hydrogen (secondary N) is 1. The first-order chi connectivity index (χ1) is 9.39. The van der Waals surface area contributed by atoms with Crippen molar-refractivity contribution in [1.29, 1.82) is 0 Å². The molecule has 1 aromatic heterocycles. The third-order valence-corrected chi connectivity index (χ3v) is 5.17. The van der Waals surface area contributed by atoms with Gasteiger partial charge < -0.3 is 0 Å². The number of nitrogens with zero attached hydrogens (tertiary/aromatic N) is 2. The molecule has 0 bridgehead atoms. The summed E-state index contributed by atoms with van der Waals surface area (Å²) < 4.78 is 40.4. The first kappa shape index (κ1) is 14.5. The predicted octanol–water partition coefficient (Wildman–Crippen LogP) is 2.38. The highest BCUT2D eigenvalue weighted by molar-refractivity contribution is 7.93. The van der Waals surface area contributed by atoms with Crippen molar-refractivity contribution in [2.24, 2.45) is 0 Å². The topological polar surface area (TPSA) is 66.1 Å². The molecule has 0 saturated carbocycles. The molecule has 1 N–H and O–H groups in total. The number of benzene rings is 1. The summed E-state index contributed by atoms with van der Waals surface area (Å²) >= 11 is 0. The van der Waals surface area contributed by atoms with Gasteiger partial charge in [0.1, 0.15) is 10.7 Å². The van der Waals surface area contributed by atoms with Crippen LogP contribution < -0.4 is 4.31 Å². The summed E-state index contributed by atoms with van der Waals surface area (Å²) in [5.74, 6) is -0.572. The van der Waals surface area contributed by atoms with E-state index in [-0.39, 0.29) is 17.1 Å². The van der Waals surface area contributed by atoms with E-state index in [2.05, 4.69) is 10.2 Å². The summed E-state index contributed by atoms with van der Waals surface area (Å²) in [5.41, 5.74) is 0.851. The third-order valence-electron chi connectivity index (χ3n) is 3.02. The Balaban J connectivity index is 2.60. The molecule has 1 heterocycles. The van der Waals surface area contributed by atoms with Gasteiger partial charge in [-0.3, -0.25) is 9.40 Å². The molecule has 2 aromatic rings. The number of halogens is 1. The Kier molecular flexibility index (Phi) is 3.80. The fraction of sp³-hybridized carbons (Fsp3) is 0.308. The van der Waals surface area contributed by atoms with Crippen LogP contribution in [-0.2, 0) is 10.0 Å². The fourth-order valence-corrected chi connectivity index (χ4v) is 3.97. The zero-order chi connectivity index (χ0) is 14.9. The van der Waals surface area contributed by atoms with Crippen molar-refractivity contribution in [3.63, 3.8) is 0 Å². The Hall–Kier alpha value is -1.89. The fourth-order valence-electron chi connectivity index (χ4n) is 2.15. The normalized spacial score (nSPS) is 11.6. The Bertz CT molecular complexity index is 705. The van der Waals surface area contributed by atoms with Gasteiger partial charge in [0.2, 0.25) is 0 Å². The largest absolute Gasteiger partial charge is 0.281 e. The second kappa shape index (κ2) is 5.24. The van der Waals surface area contributed by atoms with Gasteiger partial charge in [0.15, 0.2) is 0 Å². The van der Waals surface area contributed by atoms with Crippen LogP contribution in [0.4, 0.5) is 10.1 Å². The van der Waals surface area contributed by atoms with Gasteiger partial charge in [-0.25, -0.2) is 12.8 Å². The Morgan fingerprint density at radius 3 is 2.45 bits per heavy atom. The quantitative estimate of drug-likeness (QED) is 0.942.